The van der Waals surface area contributed by atoms with Crippen LogP contribution in [0.15, 0.2) is 61.1 Å². The molecule has 2 N–H and O–H groups in total. The summed E-state index contributed by atoms with van der Waals surface area (Å²) in [4.78, 5) is 14.7. The first-order chi connectivity index (χ1) is 14.9. The zero-order valence-corrected chi connectivity index (χ0v) is 16.6. The summed E-state index contributed by atoms with van der Waals surface area (Å²) < 4.78 is 0. The summed E-state index contributed by atoms with van der Waals surface area (Å²) in [5.41, 5.74) is 7.39. The minimum atomic E-state index is 0.912. The standard InChI is InChI=1S/C24H22N6/c1-2-12-30(13-3-1)22-8-11-26-24-19(22)15-21(27-24)23-18-14-17(4-5-20(18)28-29-23)16-6-9-25-10-7-16/h4-11,14-15H,1-3,12-13H2,(H,26,27)(H,28,29). The van der Waals surface area contributed by atoms with Crippen LogP contribution < -0.4 is 4.90 Å². The summed E-state index contributed by atoms with van der Waals surface area (Å²) >= 11 is 0. The Morgan fingerprint density at radius 2 is 1.67 bits per heavy atom. The van der Waals surface area contributed by atoms with Gasteiger partial charge in [-0.15, -0.1) is 0 Å². The molecule has 4 aromatic heterocycles. The molecule has 0 radical (unpaired) electrons. The van der Waals surface area contributed by atoms with E-state index < -0.39 is 0 Å². The smallest absolute Gasteiger partial charge is 0.139 e. The fourth-order valence-electron chi connectivity index (χ4n) is 4.49. The Balaban J connectivity index is 1.47. The zero-order chi connectivity index (χ0) is 19.9. The molecule has 6 nitrogen and oxygen atoms in total. The Hall–Kier alpha value is -3.67. The molecule has 0 spiro atoms. The summed E-state index contributed by atoms with van der Waals surface area (Å²) in [6.07, 6.45) is 9.37. The van der Waals surface area contributed by atoms with Crippen molar-refractivity contribution in [3.63, 3.8) is 0 Å². The first-order valence-electron chi connectivity index (χ1n) is 10.5. The molecule has 0 unspecified atom stereocenters. The van der Waals surface area contributed by atoms with E-state index in [-0.39, 0.29) is 0 Å². The van der Waals surface area contributed by atoms with E-state index in [0.717, 1.165) is 57.5 Å². The Labute approximate surface area is 174 Å². The van der Waals surface area contributed by atoms with E-state index in [0.29, 0.717) is 0 Å². The van der Waals surface area contributed by atoms with Crippen molar-refractivity contribution in [3.05, 3.63) is 61.1 Å². The van der Waals surface area contributed by atoms with Gasteiger partial charge in [0, 0.05) is 48.1 Å². The van der Waals surface area contributed by atoms with Gasteiger partial charge in [-0.25, -0.2) is 4.98 Å². The lowest BCUT2D eigenvalue weighted by atomic mass is 10.0. The van der Waals surface area contributed by atoms with Crippen molar-refractivity contribution in [1.82, 2.24) is 25.1 Å². The number of piperidine rings is 1. The van der Waals surface area contributed by atoms with Crippen LogP contribution in [-0.4, -0.2) is 38.2 Å². The zero-order valence-electron chi connectivity index (χ0n) is 16.6. The number of fused-ring (bicyclic) bond motifs is 2. The molecule has 6 rings (SSSR count). The quantitative estimate of drug-likeness (QED) is 0.443. The lowest BCUT2D eigenvalue weighted by Crippen LogP contribution is -2.29. The van der Waals surface area contributed by atoms with Gasteiger partial charge in [-0.2, -0.15) is 5.10 Å². The molecule has 6 heteroatoms. The van der Waals surface area contributed by atoms with Gasteiger partial charge in [0.25, 0.3) is 0 Å². The predicted molar refractivity (Wildman–Crippen MR) is 120 cm³/mol. The fraction of sp³-hybridized carbons (Fsp3) is 0.208. The number of hydrogen-bond donors (Lipinski definition) is 2. The molecule has 0 bridgehead atoms. The van der Waals surface area contributed by atoms with E-state index >= 15 is 0 Å². The maximum absolute atomic E-state index is 4.63. The number of anilines is 1. The van der Waals surface area contributed by atoms with Crippen molar-refractivity contribution in [2.45, 2.75) is 19.3 Å². The normalized spacial score (nSPS) is 14.6. The Kier molecular flexibility index (Phi) is 4.01. The van der Waals surface area contributed by atoms with E-state index in [1.165, 1.54) is 24.9 Å². The summed E-state index contributed by atoms with van der Waals surface area (Å²) in [7, 11) is 0. The Bertz CT molecular complexity index is 1330. The van der Waals surface area contributed by atoms with Crippen LogP contribution >= 0.6 is 0 Å². The van der Waals surface area contributed by atoms with Gasteiger partial charge in [0.2, 0.25) is 0 Å². The van der Waals surface area contributed by atoms with Crippen LogP contribution in [0.3, 0.4) is 0 Å². The summed E-state index contributed by atoms with van der Waals surface area (Å²) in [6.45, 7) is 2.22. The molecule has 1 aromatic carbocycles. The lowest BCUT2D eigenvalue weighted by molar-refractivity contribution is 0.579. The second-order valence-electron chi connectivity index (χ2n) is 7.89. The van der Waals surface area contributed by atoms with Gasteiger partial charge in [-0.1, -0.05) is 6.07 Å². The molecule has 5 heterocycles. The molecule has 0 aliphatic carbocycles. The van der Waals surface area contributed by atoms with Gasteiger partial charge in [-0.05, 0) is 66.8 Å². The molecule has 0 saturated carbocycles. The van der Waals surface area contributed by atoms with Crippen molar-refractivity contribution in [2.24, 2.45) is 0 Å². The highest BCUT2D eigenvalue weighted by molar-refractivity contribution is 5.99. The average molecular weight is 394 g/mol. The molecular weight excluding hydrogens is 372 g/mol. The van der Waals surface area contributed by atoms with Crippen molar-refractivity contribution >= 4 is 27.6 Å². The van der Waals surface area contributed by atoms with Gasteiger partial charge in [0.05, 0.1) is 11.2 Å². The molecule has 1 saturated heterocycles. The lowest BCUT2D eigenvalue weighted by Gasteiger charge is -2.29. The van der Waals surface area contributed by atoms with Gasteiger partial charge in [-0.3, -0.25) is 10.1 Å². The monoisotopic (exact) mass is 394 g/mol. The van der Waals surface area contributed by atoms with Crippen molar-refractivity contribution in [1.29, 1.82) is 0 Å². The van der Waals surface area contributed by atoms with Crippen LogP contribution in [0, 0.1) is 0 Å². The van der Waals surface area contributed by atoms with Crippen molar-refractivity contribution in [2.75, 3.05) is 18.0 Å². The molecule has 30 heavy (non-hydrogen) atoms. The van der Waals surface area contributed by atoms with Gasteiger partial charge in [0.15, 0.2) is 0 Å². The molecule has 0 amide bonds. The highest BCUT2D eigenvalue weighted by Crippen LogP contribution is 2.34. The Morgan fingerprint density at radius 1 is 0.800 bits per heavy atom. The fourth-order valence-corrected chi connectivity index (χ4v) is 4.49. The molecule has 1 aliphatic rings. The third-order valence-electron chi connectivity index (χ3n) is 6.04. The number of pyridine rings is 2. The number of benzene rings is 1. The number of hydrogen-bond acceptors (Lipinski definition) is 4. The average Bonchev–Trinajstić information content (AvgIpc) is 3.43. The van der Waals surface area contributed by atoms with Crippen molar-refractivity contribution < 1.29 is 0 Å². The minimum absolute atomic E-state index is 0.912. The van der Waals surface area contributed by atoms with Gasteiger partial charge in [0.1, 0.15) is 11.3 Å². The number of nitrogens with zero attached hydrogens (tertiary/aromatic N) is 4. The summed E-state index contributed by atoms with van der Waals surface area (Å²) in [6, 6.07) is 14.8. The van der Waals surface area contributed by atoms with Crippen molar-refractivity contribution in [3.8, 4) is 22.5 Å². The first-order valence-corrected chi connectivity index (χ1v) is 10.5. The third-order valence-corrected chi connectivity index (χ3v) is 6.04. The maximum Gasteiger partial charge on any atom is 0.139 e. The first kappa shape index (κ1) is 17.2. The van der Waals surface area contributed by atoms with Crippen LogP contribution in [0.25, 0.3) is 44.5 Å². The van der Waals surface area contributed by atoms with E-state index in [1.807, 2.05) is 30.7 Å². The van der Waals surface area contributed by atoms with Crippen LogP contribution in [0.5, 0.6) is 0 Å². The highest BCUT2D eigenvalue weighted by atomic mass is 15.1. The highest BCUT2D eigenvalue weighted by Gasteiger charge is 2.18. The maximum atomic E-state index is 4.63. The largest absolute Gasteiger partial charge is 0.371 e. The molecule has 0 atom stereocenters. The molecule has 1 fully saturated rings. The third kappa shape index (κ3) is 2.84. The van der Waals surface area contributed by atoms with Crippen LogP contribution in [0.2, 0.25) is 0 Å². The SMILES string of the molecule is c1cc(-c2ccc3[nH]nc(-c4cc5c(N6CCCCC6)ccnc5[nH]4)c3c2)ccn1. The van der Waals surface area contributed by atoms with E-state index in [1.54, 1.807) is 0 Å². The number of nitrogens with one attached hydrogen (secondary N) is 2. The number of H-pyrrole nitrogens is 2. The molecule has 1 aliphatic heterocycles. The Morgan fingerprint density at radius 3 is 2.53 bits per heavy atom. The minimum Gasteiger partial charge on any atom is -0.371 e. The second-order valence-corrected chi connectivity index (χ2v) is 7.89. The van der Waals surface area contributed by atoms with E-state index in [4.69, 9.17) is 0 Å². The van der Waals surface area contributed by atoms with E-state index in [9.17, 15) is 0 Å². The topological polar surface area (TPSA) is 73.5 Å². The van der Waals surface area contributed by atoms with Gasteiger partial charge < -0.3 is 9.88 Å². The number of rotatable bonds is 3. The van der Waals surface area contributed by atoms with Crippen LogP contribution in [0.1, 0.15) is 19.3 Å². The predicted octanol–water partition coefficient (Wildman–Crippen LogP) is 5.16. The second kappa shape index (κ2) is 6.99. The van der Waals surface area contributed by atoms with Gasteiger partial charge >= 0.3 is 0 Å². The molecular formula is C24H22N6. The molecule has 5 aromatic rings. The van der Waals surface area contributed by atoms with E-state index in [2.05, 4.69) is 60.4 Å². The van der Waals surface area contributed by atoms with Crippen LogP contribution in [-0.2, 0) is 0 Å². The van der Waals surface area contributed by atoms with Crippen LogP contribution in [0.4, 0.5) is 5.69 Å². The molecule has 148 valence electrons. The summed E-state index contributed by atoms with van der Waals surface area (Å²) in [5, 5.41) is 10.1. The number of aromatic nitrogens is 5. The summed E-state index contributed by atoms with van der Waals surface area (Å²) in [5.74, 6) is 0. The number of aromatic amines is 2.